The predicted octanol–water partition coefficient (Wildman–Crippen LogP) is 0.0179. The van der Waals surface area contributed by atoms with Crippen LogP contribution in [0.15, 0.2) is 12.1 Å². The average Bonchev–Trinajstić information content (AvgIpc) is 2.94. The van der Waals surface area contributed by atoms with E-state index in [0.717, 1.165) is 20.6 Å². The van der Waals surface area contributed by atoms with E-state index in [4.69, 9.17) is 5.11 Å². The molecule has 3 N–H and O–H groups in total. The Morgan fingerprint density at radius 1 is 1.11 bits per heavy atom. The molecule has 1 aromatic rings. The van der Waals surface area contributed by atoms with Crippen molar-refractivity contribution in [3.8, 4) is 0 Å². The average molecular weight is 516 g/mol. The Balaban J connectivity index is 1.83. The molecule has 0 aliphatic carbocycles. The summed E-state index contributed by atoms with van der Waals surface area (Å²) in [5.74, 6) is -4.53. The molecule has 198 valence electrons. The van der Waals surface area contributed by atoms with Gasteiger partial charge < -0.3 is 15.2 Å². The molecule has 2 heterocycles. The Bertz CT molecular complexity index is 1140. The van der Waals surface area contributed by atoms with Crippen LogP contribution in [0.2, 0.25) is 0 Å². The molecule has 3 rings (SSSR count). The SMILES string of the molecule is Cc1cc(C)c(C(=O)C(=O)NN2CCC(=O)N3CCC[C@@H](C(=O)N[C@H](C=O)CC(=O)O)N3C2=O)c(C)c1. The van der Waals surface area contributed by atoms with E-state index in [1.54, 1.807) is 26.0 Å². The normalized spacial score (nSPS) is 18.5. The summed E-state index contributed by atoms with van der Waals surface area (Å²) >= 11 is 0. The number of aryl methyl sites for hydroxylation is 3. The van der Waals surface area contributed by atoms with E-state index in [2.05, 4.69) is 10.7 Å². The van der Waals surface area contributed by atoms with Crippen molar-refractivity contribution in [2.45, 2.75) is 58.5 Å². The second-order valence-electron chi connectivity index (χ2n) is 9.10. The maximum atomic E-state index is 13.4. The number of Topliss-reactive ketones (excluding diaryl/α,β-unsaturated/α-hetero) is 1. The number of carboxylic acids is 1. The van der Waals surface area contributed by atoms with E-state index in [-0.39, 0.29) is 37.8 Å². The number of aliphatic carboxylic acids is 1. The molecule has 0 saturated carbocycles. The van der Waals surface area contributed by atoms with Crippen LogP contribution < -0.4 is 10.7 Å². The quantitative estimate of drug-likeness (QED) is 0.247. The van der Waals surface area contributed by atoms with E-state index in [1.165, 1.54) is 0 Å². The van der Waals surface area contributed by atoms with Gasteiger partial charge in [0.15, 0.2) is 0 Å². The molecule has 0 unspecified atom stereocenters. The third kappa shape index (κ3) is 5.93. The molecule has 0 aromatic heterocycles. The lowest BCUT2D eigenvalue weighted by molar-refractivity contribution is -0.155. The Hall–Kier alpha value is -4.29. The number of nitrogens with one attached hydrogen (secondary N) is 2. The second-order valence-corrected chi connectivity index (χ2v) is 9.10. The molecule has 2 aliphatic rings. The van der Waals surface area contributed by atoms with Gasteiger partial charge in [0.1, 0.15) is 12.3 Å². The fourth-order valence-electron chi connectivity index (χ4n) is 4.64. The number of amides is 5. The van der Waals surface area contributed by atoms with Gasteiger partial charge in [-0.05, 0) is 44.7 Å². The van der Waals surface area contributed by atoms with Crippen LogP contribution in [0, 0.1) is 20.8 Å². The van der Waals surface area contributed by atoms with Crippen LogP contribution in [0.3, 0.4) is 0 Å². The molecule has 2 atom stereocenters. The van der Waals surface area contributed by atoms with Gasteiger partial charge in [-0.2, -0.15) is 0 Å². The molecule has 5 amide bonds. The summed E-state index contributed by atoms with van der Waals surface area (Å²) in [6.45, 7) is 5.16. The van der Waals surface area contributed by atoms with Crippen molar-refractivity contribution < 1.29 is 38.7 Å². The smallest absolute Gasteiger partial charge is 0.358 e. The van der Waals surface area contributed by atoms with E-state index in [9.17, 15) is 33.6 Å². The maximum Gasteiger partial charge on any atom is 0.358 e. The highest BCUT2D eigenvalue weighted by Crippen LogP contribution is 2.24. The van der Waals surface area contributed by atoms with Crippen LogP contribution in [-0.2, 0) is 24.0 Å². The fraction of sp³-hybridized carbons (Fsp3) is 0.458. The summed E-state index contributed by atoms with van der Waals surface area (Å²) in [6.07, 6.45) is -0.0584. The largest absolute Gasteiger partial charge is 0.481 e. The van der Waals surface area contributed by atoms with Gasteiger partial charge in [-0.25, -0.2) is 19.8 Å². The summed E-state index contributed by atoms with van der Waals surface area (Å²) in [5.41, 5.74) is 4.60. The molecule has 0 radical (unpaired) electrons. The molecule has 13 nitrogen and oxygen atoms in total. The second kappa shape index (κ2) is 11.2. The third-order valence-electron chi connectivity index (χ3n) is 6.20. The first-order valence-electron chi connectivity index (χ1n) is 11.8. The minimum absolute atomic E-state index is 0.127. The van der Waals surface area contributed by atoms with Gasteiger partial charge in [0.25, 0.3) is 5.78 Å². The van der Waals surface area contributed by atoms with Gasteiger partial charge >= 0.3 is 17.9 Å². The first-order valence-corrected chi connectivity index (χ1v) is 11.8. The van der Waals surface area contributed by atoms with Crippen molar-refractivity contribution >= 4 is 41.8 Å². The number of hydrogen-bond acceptors (Lipinski definition) is 7. The van der Waals surface area contributed by atoms with Crippen LogP contribution in [-0.4, -0.2) is 87.1 Å². The van der Waals surface area contributed by atoms with Crippen LogP contribution in [0.25, 0.3) is 0 Å². The van der Waals surface area contributed by atoms with Gasteiger partial charge in [0.2, 0.25) is 11.8 Å². The zero-order valence-electron chi connectivity index (χ0n) is 20.8. The zero-order chi connectivity index (χ0) is 27.4. The van der Waals surface area contributed by atoms with Crippen molar-refractivity contribution in [1.82, 2.24) is 25.8 Å². The van der Waals surface area contributed by atoms with Gasteiger partial charge in [-0.1, -0.05) is 17.7 Å². The van der Waals surface area contributed by atoms with Crippen LogP contribution >= 0.6 is 0 Å². The Labute approximate surface area is 212 Å². The number of carboxylic acid groups (broad SMARTS) is 1. The van der Waals surface area contributed by atoms with Crippen molar-refractivity contribution in [3.63, 3.8) is 0 Å². The van der Waals surface area contributed by atoms with E-state index in [1.807, 2.05) is 6.92 Å². The van der Waals surface area contributed by atoms with Crippen LogP contribution in [0.5, 0.6) is 0 Å². The number of hydrogen-bond donors (Lipinski definition) is 3. The van der Waals surface area contributed by atoms with Gasteiger partial charge in [0.05, 0.1) is 19.0 Å². The standard InChI is InChI=1S/C24H29N5O8/c1-13-9-14(2)20(15(3)10-13)21(34)23(36)26-27-8-6-18(31)28-7-4-5-17(29(28)24(27)37)22(35)25-16(12-30)11-19(32)33/h9-10,12,16-17H,4-8,11H2,1-3H3,(H,25,35)(H,26,36)(H,32,33)/t16-,17-/m0/s1. The van der Waals surface area contributed by atoms with Gasteiger partial charge in [0, 0.05) is 18.5 Å². The van der Waals surface area contributed by atoms with E-state index in [0.29, 0.717) is 17.5 Å². The molecule has 0 bridgehead atoms. The van der Waals surface area contributed by atoms with Crippen molar-refractivity contribution in [1.29, 1.82) is 0 Å². The maximum absolute atomic E-state index is 13.4. The molecule has 2 saturated heterocycles. The summed E-state index contributed by atoms with van der Waals surface area (Å²) in [4.78, 5) is 87.1. The summed E-state index contributed by atoms with van der Waals surface area (Å²) < 4.78 is 0. The topological polar surface area (TPSA) is 173 Å². The molecular weight excluding hydrogens is 486 g/mol. The summed E-state index contributed by atoms with van der Waals surface area (Å²) in [6, 6.07) is 0.0401. The predicted molar refractivity (Wildman–Crippen MR) is 127 cm³/mol. The highest BCUT2D eigenvalue weighted by Gasteiger charge is 2.44. The number of hydrazine groups is 2. The summed E-state index contributed by atoms with van der Waals surface area (Å²) in [7, 11) is 0. The number of aldehydes is 1. The number of ketones is 1. The Kier molecular flexibility index (Phi) is 8.25. The van der Waals surface area contributed by atoms with Crippen molar-refractivity contribution in [2.24, 2.45) is 0 Å². The minimum atomic E-state index is -1.33. The molecule has 13 heteroatoms. The molecule has 0 spiro atoms. The third-order valence-corrected chi connectivity index (χ3v) is 6.20. The van der Waals surface area contributed by atoms with E-state index >= 15 is 0 Å². The number of rotatable bonds is 8. The molecular formula is C24H29N5O8. The number of carbonyl (C=O) groups is 7. The first-order chi connectivity index (χ1) is 17.4. The van der Waals surface area contributed by atoms with Crippen molar-refractivity contribution in [3.05, 3.63) is 34.4 Å². The van der Waals surface area contributed by atoms with Crippen molar-refractivity contribution in [2.75, 3.05) is 13.1 Å². The zero-order valence-corrected chi connectivity index (χ0v) is 20.8. The lowest BCUT2D eigenvalue weighted by Gasteiger charge is -2.42. The highest BCUT2D eigenvalue weighted by atomic mass is 16.4. The number of benzene rings is 1. The number of carbonyl (C=O) groups excluding carboxylic acids is 6. The number of urea groups is 1. The molecule has 37 heavy (non-hydrogen) atoms. The van der Waals surface area contributed by atoms with Crippen LogP contribution in [0.4, 0.5) is 4.79 Å². The monoisotopic (exact) mass is 515 g/mol. The van der Waals surface area contributed by atoms with Gasteiger partial charge in [-0.3, -0.25) is 29.4 Å². The van der Waals surface area contributed by atoms with Gasteiger partial charge in [-0.15, -0.1) is 0 Å². The highest BCUT2D eigenvalue weighted by molar-refractivity contribution is 6.43. The Morgan fingerprint density at radius 3 is 2.35 bits per heavy atom. The fourth-order valence-corrected chi connectivity index (χ4v) is 4.64. The molecule has 2 aliphatic heterocycles. The number of nitrogens with zero attached hydrogens (tertiary/aromatic N) is 3. The lowest BCUT2D eigenvalue weighted by Crippen LogP contribution is -2.65. The molecule has 2 fully saturated rings. The summed E-state index contributed by atoms with van der Waals surface area (Å²) in [5, 5.41) is 14.0. The number of fused-ring (bicyclic) bond motifs is 1. The Morgan fingerprint density at radius 2 is 1.76 bits per heavy atom. The molecule has 1 aromatic carbocycles. The lowest BCUT2D eigenvalue weighted by atomic mass is 9.96. The van der Waals surface area contributed by atoms with Crippen LogP contribution in [0.1, 0.15) is 52.7 Å². The first kappa shape index (κ1) is 27.3. The van der Waals surface area contributed by atoms with E-state index < -0.39 is 54.0 Å². The minimum Gasteiger partial charge on any atom is -0.481 e.